The highest BCUT2D eigenvalue weighted by Crippen LogP contribution is 2.30. The summed E-state index contributed by atoms with van der Waals surface area (Å²) in [5.41, 5.74) is 6.92. The van der Waals surface area contributed by atoms with Gasteiger partial charge in [-0.1, -0.05) is 13.3 Å². The Morgan fingerprint density at radius 2 is 1.85 bits per heavy atom. The van der Waals surface area contributed by atoms with Crippen LogP contribution >= 0.6 is 0 Å². The fourth-order valence-electron chi connectivity index (χ4n) is 3.11. The number of rotatable bonds is 5. The summed E-state index contributed by atoms with van der Waals surface area (Å²) in [5.74, 6) is 1.77. The van der Waals surface area contributed by atoms with Crippen molar-refractivity contribution >= 4 is 5.95 Å². The van der Waals surface area contributed by atoms with E-state index in [1.807, 2.05) is 19.3 Å². The number of anilines is 1. The second-order valence-electron chi connectivity index (χ2n) is 6.27. The monoisotopic (exact) mass is 276 g/mol. The van der Waals surface area contributed by atoms with Crippen LogP contribution < -0.4 is 10.6 Å². The largest absolute Gasteiger partial charge is 0.341 e. The molecular formula is C16H28N4. The molecule has 1 atom stereocenters. The van der Waals surface area contributed by atoms with Crippen molar-refractivity contribution in [2.24, 2.45) is 11.7 Å². The highest BCUT2D eigenvalue weighted by molar-refractivity contribution is 5.30. The Balaban J connectivity index is 1.94. The number of nitrogens with two attached hydrogens (primary N) is 1. The Kier molecular flexibility index (Phi) is 5.35. The lowest BCUT2D eigenvalue weighted by Gasteiger charge is -2.34. The molecule has 4 heteroatoms. The van der Waals surface area contributed by atoms with Crippen LogP contribution in [0.1, 0.15) is 51.5 Å². The molecule has 0 bridgehead atoms. The molecular weight excluding hydrogens is 248 g/mol. The first-order chi connectivity index (χ1) is 9.60. The van der Waals surface area contributed by atoms with E-state index in [0.717, 1.165) is 23.9 Å². The van der Waals surface area contributed by atoms with E-state index in [2.05, 4.69) is 28.8 Å². The molecule has 0 aromatic carbocycles. The summed E-state index contributed by atoms with van der Waals surface area (Å²) < 4.78 is 0. The Hall–Kier alpha value is -1.16. The van der Waals surface area contributed by atoms with E-state index in [-0.39, 0.29) is 6.04 Å². The van der Waals surface area contributed by atoms with Gasteiger partial charge in [0, 0.05) is 31.5 Å². The van der Waals surface area contributed by atoms with E-state index < -0.39 is 0 Å². The molecule has 1 fully saturated rings. The number of hydrogen-bond acceptors (Lipinski definition) is 4. The van der Waals surface area contributed by atoms with Gasteiger partial charge in [-0.15, -0.1) is 0 Å². The molecule has 4 nitrogen and oxygen atoms in total. The first kappa shape index (κ1) is 15.2. The summed E-state index contributed by atoms with van der Waals surface area (Å²) in [6.45, 7) is 4.31. The van der Waals surface area contributed by atoms with Gasteiger partial charge in [-0.25, -0.2) is 9.97 Å². The minimum Gasteiger partial charge on any atom is -0.341 e. The molecule has 2 rings (SSSR count). The van der Waals surface area contributed by atoms with Crippen molar-refractivity contribution in [3.05, 3.63) is 18.0 Å². The van der Waals surface area contributed by atoms with Gasteiger partial charge in [-0.05, 0) is 50.5 Å². The predicted octanol–water partition coefficient (Wildman–Crippen LogP) is 2.77. The molecule has 0 saturated heterocycles. The average Bonchev–Trinajstić information content (AvgIpc) is 2.47. The molecule has 2 N–H and O–H groups in total. The second kappa shape index (κ2) is 7.02. The summed E-state index contributed by atoms with van der Waals surface area (Å²) in [7, 11) is 2.12. The molecule has 112 valence electrons. The molecule has 1 aromatic rings. The second-order valence-corrected chi connectivity index (χ2v) is 6.27. The molecule has 0 amide bonds. The van der Waals surface area contributed by atoms with Crippen LogP contribution in [-0.4, -0.2) is 29.1 Å². The van der Waals surface area contributed by atoms with Gasteiger partial charge in [-0.2, -0.15) is 0 Å². The van der Waals surface area contributed by atoms with Gasteiger partial charge in [0.1, 0.15) is 0 Å². The molecule has 1 aromatic heterocycles. The van der Waals surface area contributed by atoms with Crippen molar-refractivity contribution in [2.75, 3.05) is 11.9 Å². The van der Waals surface area contributed by atoms with E-state index in [9.17, 15) is 0 Å². The highest BCUT2D eigenvalue weighted by Gasteiger charge is 2.24. The quantitative estimate of drug-likeness (QED) is 0.898. The Morgan fingerprint density at radius 3 is 2.35 bits per heavy atom. The van der Waals surface area contributed by atoms with Gasteiger partial charge in [0.05, 0.1) is 0 Å². The third-order valence-corrected chi connectivity index (χ3v) is 4.51. The van der Waals surface area contributed by atoms with Crippen LogP contribution in [0, 0.1) is 5.92 Å². The van der Waals surface area contributed by atoms with Crippen LogP contribution in [-0.2, 0) is 6.42 Å². The van der Waals surface area contributed by atoms with Crippen LogP contribution in [0.25, 0.3) is 0 Å². The lowest BCUT2D eigenvalue weighted by molar-refractivity contribution is 0.312. The van der Waals surface area contributed by atoms with E-state index in [1.54, 1.807) is 0 Å². The number of nitrogens with zero attached hydrogens (tertiary/aromatic N) is 3. The first-order valence-corrected chi connectivity index (χ1v) is 7.89. The Labute approximate surface area is 122 Å². The van der Waals surface area contributed by atoms with Crippen molar-refractivity contribution in [1.29, 1.82) is 0 Å². The fraction of sp³-hybridized carbons (Fsp3) is 0.750. The first-order valence-electron chi connectivity index (χ1n) is 7.89. The smallest absolute Gasteiger partial charge is 0.225 e. The molecule has 20 heavy (non-hydrogen) atoms. The van der Waals surface area contributed by atoms with Gasteiger partial charge >= 0.3 is 0 Å². The maximum absolute atomic E-state index is 5.80. The summed E-state index contributed by atoms with van der Waals surface area (Å²) in [4.78, 5) is 11.3. The molecule has 1 heterocycles. The summed E-state index contributed by atoms with van der Waals surface area (Å²) in [5, 5.41) is 0. The number of hydrogen-bond donors (Lipinski definition) is 1. The van der Waals surface area contributed by atoms with E-state index in [4.69, 9.17) is 5.73 Å². The normalized spacial score (nSPS) is 24.4. The van der Waals surface area contributed by atoms with Crippen LogP contribution in [0.4, 0.5) is 5.95 Å². The van der Waals surface area contributed by atoms with Gasteiger partial charge in [-0.3, -0.25) is 0 Å². The standard InChI is InChI=1S/C16H28N4/c1-4-13-5-7-15(8-6-13)20(3)16-18-10-14(11-19-16)9-12(2)17/h10-13,15H,4-9,17H2,1-3H3. The predicted molar refractivity (Wildman–Crippen MR) is 83.8 cm³/mol. The molecule has 0 aliphatic heterocycles. The molecule has 1 aliphatic rings. The van der Waals surface area contributed by atoms with Gasteiger partial charge in [0.25, 0.3) is 0 Å². The van der Waals surface area contributed by atoms with Crippen molar-refractivity contribution in [2.45, 2.75) is 64.5 Å². The lowest BCUT2D eigenvalue weighted by atomic mass is 9.84. The van der Waals surface area contributed by atoms with E-state index >= 15 is 0 Å². The molecule has 1 unspecified atom stereocenters. The zero-order valence-electron chi connectivity index (χ0n) is 13.0. The maximum Gasteiger partial charge on any atom is 0.225 e. The molecule has 1 aliphatic carbocycles. The van der Waals surface area contributed by atoms with Crippen molar-refractivity contribution in [3.63, 3.8) is 0 Å². The van der Waals surface area contributed by atoms with Crippen molar-refractivity contribution in [3.8, 4) is 0 Å². The Bertz CT molecular complexity index is 393. The third kappa shape index (κ3) is 3.92. The van der Waals surface area contributed by atoms with Gasteiger partial charge in [0.2, 0.25) is 5.95 Å². The molecule has 1 saturated carbocycles. The van der Waals surface area contributed by atoms with Crippen LogP contribution in [0.2, 0.25) is 0 Å². The fourth-order valence-corrected chi connectivity index (χ4v) is 3.11. The van der Waals surface area contributed by atoms with Crippen molar-refractivity contribution < 1.29 is 0 Å². The van der Waals surface area contributed by atoms with Crippen LogP contribution in [0.5, 0.6) is 0 Å². The highest BCUT2D eigenvalue weighted by atomic mass is 15.2. The Morgan fingerprint density at radius 1 is 1.25 bits per heavy atom. The molecule has 0 radical (unpaired) electrons. The average molecular weight is 276 g/mol. The van der Waals surface area contributed by atoms with Gasteiger partial charge < -0.3 is 10.6 Å². The van der Waals surface area contributed by atoms with Crippen LogP contribution in [0.3, 0.4) is 0 Å². The van der Waals surface area contributed by atoms with E-state index in [0.29, 0.717) is 6.04 Å². The summed E-state index contributed by atoms with van der Waals surface area (Å²) >= 11 is 0. The summed E-state index contributed by atoms with van der Waals surface area (Å²) in [6.07, 6.45) is 11.2. The summed E-state index contributed by atoms with van der Waals surface area (Å²) in [6, 6.07) is 0.753. The van der Waals surface area contributed by atoms with Crippen molar-refractivity contribution in [1.82, 2.24) is 9.97 Å². The zero-order valence-corrected chi connectivity index (χ0v) is 13.0. The maximum atomic E-state index is 5.80. The van der Waals surface area contributed by atoms with E-state index in [1.165, 1.54) is 32.1 Å². The topological polar surface area (TPSA) is 55.0 Å². The van der Waals surface area contributed by atoms with Gasteiger partial charge in [0.15, 0.2) is 0 Å². The minimum atomic E-state index is 0.159. The number of aromatic nitrogens is 2. The molecule has 0 spiro atoms. The van der Waals surface area contributed by atoms with Crippen LogP contribution in [0.15, 0.2) is 12.4 Å². The third-order valence-electron chi connectivity index (χ3n) is 4.51. The zero-order chi connectivity index (χ0) is 14.5. The minimum absolute atomic E-state index is 0.159. The lowest BCUT2D eigenvalue weighted by Crippen LogP contribution is -2.36. The SMILES string of the molecule is CCC1CCC(N(C)c2ncc(CC(C)N)cn2)CC1.